The summed E-state index contributed by atoms with van der Waals surface area (Å²) in [7, 11) is 2.05. The van der Waals surface area contributed by atoms with Crippen molar-refractivity contribution in [2.24, 2.45) is 0 Å². The van der Waals surface area contributed by atoms with Gasteiger partial charge in [-0.3, -0.25) is 4.90 Å². The molecule has 2 heterocycles. The summed E-state index contributed by atoms with van der Waals surface area (Å²) in [5.41, 5.74) is 0. The minimum absolute atomic E-state index is 0.377. The van der Waals surface area contributed by atoms with E-state index in [4.69, 9.17) is 4.52 Å². The fourth-order valence-electron chi connectivity index (χ4n) is 1.16. The zero-order valence-corrected chi connectivity index (χ0v) is 5.82. The first-order valence-electron chi connectivity index (χ1n) is 3.35. The highest BCUT2D eigenvalue weighted by Crippen LogP contribution is 2.28. The zero-order chi connectivity index (χ0) is 6.97. The van der Waals surface area contributed by atoms with Gasteiger partial charge in [-0.25, -0.2) is 0 Å². The molecule has 1 aliphatic rings. The quantitative estimate of drug-likeness (QED) is 0.566. The molecular formula is C6H9N3O. The highest BCUT2D eigenvalue weighted by Gasteiger charge is 2.29. The molecule has 1 unspecified atom stereocenters. The fourth-order valence-corrected chi connectivity index (χ4v) is 1.16. The standard InChI is InChI=1S/C6H9N3O/c1-9-3-2-5(9)6-7-4-8-10-6/h4-5H,2-3H2,1H3. The number of likely N-dealkylation sites (tertiary alicyclic amines) is 1. The van der Waals surface area contributed by atoms with Gasteiger partial charge < -0.3 is 4.52 Å². The second-order valence-corrected chi connectivity index (χ2v) is 2.56. The summed E-state index contributed by atoms with van der Waals surface area (Å²) in [6, 6.07) is 0.377. The fraction of sp³-hybridized carbons (Fsp3) is 0.667. The van der Waals surface area contributed by atoms with Crippen molar-refractivity contribution in [1.82, 2.24) is 15.0 Å². The van der Waals surface area contributed by atoms with Gasteiger partial charge >= 0.3 is 0 Å². The van der Waals surface area contributed by atoms with Crippen molar-refractivity contribution in [3.63, 3.8) is 0 Å². The van der Waals surface area contributed by atoms with E-state index in [0.29, 0.717) is 6.04 Å². The summed E-state index contributed by atoms with van der Waals surface area (Å²) < 4.78 is 4.91. The Morgan fingerprint density at radius 2 is 2.70 bits per heavy atom. The molecule has 4 heteroatoms. The van der Waals surface area contributed by atoms with Crippen molar-refractivity contribution in [1.29, 1.82) is 0 Å². The van der Waals surface area contributed by atoms with Crippen molar-refractivity contribution < 1.29 is 4.52 Å². The summed E-state index contributed by atoms with van der Waals surface area (Å²) in [5, 5.41) is 3.55. The van der Waals surface area contributed by atoms with Crippen molar-refractivity contribution >= 4 is 0 Å². The molecular weight excluding hydrogens is 130 g/mol. The van der Waals surface area contributed by atoms with Crippen LogP contribution in [0.2, 0.25) is 0 Å². The van der Waals surface area contributed by atoms with Crippen LogP contribution in [-0.2, 0) is 0 Å². The lowest BCUT2D eigenvalue weighted by Gasteiger charge is -2.34. The first-order chi connectivity index (χ1) is 4.88. The molecule has 0 radical (unpaired) electrons. The third kappa shape index (κ3) is 0.724. The maximum absolute atomic E-state index is 4.91. The molecule has 0 aliphatic carbocycles. The van der Waals surface area contributed by atoms with Gasteiger partial charge in [-0.15, -0.1) is 0 Å². The van der Waals surface area contributed by atoms with Crippen LogP contribution in [-0.4, -0.2) is 28.6 Å². The van der Waals surface area contributed by atoms with Crippen LogP contribution < -0.4 is 0 Å². The Morgan fingerprint density at radius 3 is 3.10 bits per heavy atom. The number of hydrogen-bond acceptors (Lipinski definition) is 4. The lowest BCUT2D eigenvalue weighted by Crippen LogP contribution is -2.37. The predicted octanol–water partition coefficient (Wildman–Crippen LogP) is 0.446. The third-order valence-electron chi connectivity index (χ3n) is 1.95. The van der Waals surface area contributed by atoms with Crippen LogP contribution in [0.4, 0.5) is 0 Å². The maximum atomic E-state index is 4.91. The van der Waals surface area contributed by atoms with Crippen LogP contribution in [0.15, 0.2) is 10.9 Å². The van der Waals surface area contributed by atoms with E-state index in [1.54, 1.807) is 0 Å². The number of aromatic nitrogens is 2. The van der Waals surface area contributed by atoms with E-state index in [0.717, 1.165) is 18.9 Å². The van der Waals surface area contributed by atoms with Crippen LogP contribution in [0.5, 0.6) is 0 Å². The topological polar surface area (TPSA) is 42.2 Å². The van der Waals surface area contributed by atoms with Crippen LogP contribution in [0.3, 0.4) is 0 Å². The van der Waals surface area contributed by atoms with Crippen molar-refractivity contribution in [3.8, 4) is 0 Å². The molecule has 1 saturated heterocycles. The number of nitrogens with zero attached hydrogens (tertiary/aromatic N) is 3. The van der Waals surface area contributed by atoms with Crippen LogP contribution >= 0.6 is 0 Å². The van der Waals surface area contributed by atoms with E-state index in [2.05, 4.69) is 22.1 Å². The van der Waals surface area contributed by atoms with Crippen LogP contribution in [0.25, 0.3) is 0 Å². The molecule has 10 heavy (non-hydrogen) atoms. The molecule has 0 amide bonds. The Hall–Kier alpha value is -0.900. The molecule has 1 aliphatic heterocycles. The monoisotopic (exact) mass is 139 g/mol. The van der Waals surface area contributed by atoms with E-state index >= 15 is 0 Å². The second kappa shape index (κ2) is 2.05. The molecule has 1 aromatic rings. The van der Waals surface area contributed by atoms with Gasteiger partial charge in [-0.05, 0) is 13.5 Å². The predicted molar refractivity (Wildman–Crippen MR) is 34.3 cm³/mol. The average Bonchev–Trinajstić information content (AvgIpc) is 2.37. The Kier molecular flexibility index (Phi) is 1.20. The molecule has 0 spiro atoms. The summed E-state index contributed by atoms with van der Waals surface area (Å²) >= 11 is 0. The van der Waals surface area contributed by atoms with Gasteiger partial charge in [-0.2, -0.15) is 4.98 Å². The second-order valence-electron chi connectivity index (χ2n) is 2.56. The van der Waals surface area contributed by atoms with Gasteiger partial charge in [0.2, 0.25) is 5.89 Å². The zero-order valence-electron chi connectivity index (χ0n) is 5.82. The van der Waals surface area contributed by atoms with Gasteiger partial charge in [0.1, 0.15) is 0 Å². The van der Waals surface area contributed by atoms with Crippen LogP contribution in [0.1, 0.15) is 18.4 Å². The summed E-state index contributed by atoms with van der Waals surface area (Å²) in [4.78, 5) is 6.16. The van der Waals surface area contributed by atoms with E-state index in [9.17, 15) is 0 Å². The smallest absolute Gasteiger partial charge is 0.243 e. The molecule has 1 aromatic heterocycles. The summed E-state index contributed by atoms with van der Waals surface area (Å²) in [6.45, 7) is 1.13. The van der Waals surface area contributed by atoms with Crippen LogP contribution in [0, 0.1) is 0 Å². The average molecular weight is 139 g/mol. The van der Waals surface area contributed by atoms with Crippen molar-refractivity contribution in [2.45, 2.75) is 12.5 Å². The largest absolute Gasteiger partial charge is 0.338 e. The Labute approximate surface area is 58.8 Å². The van der Waals surface area contributed by atoms with Gasteiger partial charge in [0.05, 0.1) is 6.04 Å². The van der Waals surface area contributed by atoms with E-state index < -0.39 is 0 Å². The molecule has 54 valence electrons. The molecule has 0 bridgehead atoms. The Balaban J connectivity index is 2.14. The molecule has 0 saturated carbocycles. The molecule has 0 aromatic carbocycles. The minimum Gasteiger partial charge on any atom is -0.338 e. The van der Waals surface area contributed by atoms with Gasteiger partial charge in [0.15, 0.2) is 6.33 Å². The summed E-state index contributed by atoms with van der Waals surface area (Å²) in [5.74, 6) is 0.744. The van der Waals surface area contributed by atoms with E-state index in [1.165, 1.54) is 6.33 Å². The number of rotatable bonds is 1. The lowest BCUT2D eigenvalue weighted by atomic mass is 10.1. The Bertz CT molecular complexity index is 209. The molecule has 0 N–H and O–H groups in total. The highest BCUT2D eigenvalue weighted by atomic mass is 16.5. The van der Waals surface area contributed by atoms with E-state index in [1.807, 2.05) is 0 Å². The Morgan fingerprint density at radius 1 is 1.80 bits per heavy atom. The first-order valence-corrected chi connectivity index (χ1v) is 3.35. The lowest BCUT2D eigenvalue weighted by molar-refractivity contribution is 0.0951. The molecule has 2 rings (SSSR count). The maximum Gasteiger partial charge on any atom is 0.243 e. The SMILES string of the molecule is CN1CCC1c1ncno1. The van der Waals surface area contributed by atoms with Gasteiger partial charge in [-0.1, -0.05) is 5.16 Å². The van der Waals surface area contributed by atoms with Crippen molar-refractivity contribution in [3.05, 3.63) is 12.2 Å². The van der Waals surface area contributed by atoms with E-state index in [-0.39, 0.29) is 0 Å². The normalized spacial score (nSPS) is 26.3. The van der Waals surface area contributed by atoms with Gasteiger partial charge in [0, 0.05) is 6.54 Å². The van der Waals surface area contributed by atoms with Gasteiger partial charge in [0.25, 0.3) is 0 Å². The third-order valence-corrected chi connectivity index (χ3v) is 1.95. The summed E-state index contributed by atoms with van der Waals surface area (Å²) in [6.07, 6.45) is 2.58. The minimum atomic E-state index is 0.377. The molecule has 1 atom stereocenters. The first kappa shape index (κ1) is 5.85. The molecule has 4 nitrogen and oxygen atoms in total. The van der Waals surface area contributed by atoms with Crippen molar-refractivity contribution in [2.75, 3.05) is 13.6 Å². The highest BCUT2D eigenvalue weighted by molar-refractivity contribution is 4.93. The number of hydrogen-bond donors (Lipinski definition) is 0. The molecule has 1 fully saturated rings.